The zero-order valence-electron chi connectivity index (χ0n) is 16.2. The number of halogens is 2. The summed E-state index contributed by atoms with van der Waals surface area (Å²) in [6, 6.07) is 18.0. The molecule has 156 valence electrons. The topological polar surface area (TPSA) is 68.8 Å². The summed E-state index contributed by atoms with van der Waals surface area (Å²) in [7, 11) is 0. The molecule has 0 bridgehead atoms. The van der Waals surface area contributed by atoms with Gasteiger partial charge < -0.3 is 19.5 Å². The summed E-state index contributed by atoms with van der Waals surface area (Å²) in [6.07, 6.45) is 1.52. The Morgan fingerprint density at radius 2 is 1.90 bits per heavy atom. The van der Waals surface area contributed by atoms with E-state index >= 15 is 0 Å². The lowest BCUT2D eigenvalue weighted by Gasteiger charge is -2.15. The van der Waals surface area contributed by atoms with Crippen LogP contribution in [0.2, 0.25) is 0 Å². The van der Waals surface area contributed by atoms with Crippen molar-refractivity contribution in [3.05, 3.63) is 77.3 Å². The second kappa shape index (κ2) is 8.49. The lowest BCUT2D eigenvalue weighted by atomic mass is 10.2. The van der Waals surface area contributed by atoms with Gasteiger partial charge in [-0.1, -0.05) is 24.3 Å². The molecule has 1 saturated heterocycles. The van der Waals surface area contributed by atoms with Gasteiger partial charge in [-0.3, -0.25) is 0 Å². The summed E-state index contributed by atoms with van der Waals surface area (Å²) in [5.41, 5.74) is 0.936. The van der Waals surface area contributed by atoms with Crippen molar-refractivity contribution in [2.45, 2.75) is 6.10 Å². The molecule has 0 amide bonds. The molecule has 8 heteroatoms. The van der Waals surface area contributed by atoms with Gasteiger partial charge in [0.2, 0.25) is 0 Å². The first kappa shape index (κ1) is 19.7. The average molecular weight is 482 g/mol. The van der Waals surface area contributed by atoms with Crippen LogP contribution >= 0.6 is 15.9 Å². The molecule has 3 aromatic carbocycles. The first-order chi connectivity index (χ1) is 15.2. The molecule has 1 aliphatic heterocycles. The van der Waals surface area contributed by atoms with Gasteiger partial charge >= 0.3 is 0 Å². The number of fused-ring (bicyclic) bond motifs is 1. The predicted molar refractivity (Wildman–Crippen MR) is 119 cm³/mol. The first-order valence-corrected chi connectivity index (χ1v) is 10.4. The molecular weight excluding hydrogens is 465 g/mol. The third kappa shape index (κ3) is 4.45. The molecule has 2 heterocycles. The van der Waals surface area contributed by atoms with Crippen molar-refractivity contribution in [2.24, 2.45) is 0 Å². The fourth-order valence-electron chi connectivity index (χ4n) is 3.05. The smallest absolute Gasteiger partial charge is 0.170 e. The molecule has 0 spiro atoms. The Morgan fingerprint density at radius 1 is 1.06 bits per heavy atom. The second-order valence-electron chi connectivity index (χ2n) is 6.95. The van der Waals surface area contributed by atoms with E-state index in [0.717, 1.165) is 0 Å². The van der Waals surface area contributed by atoms with Crippen molar-refractivity contribution in [1.82, 2.24) is 9.97 Å². The number of nitrogens with zero attached hydrogens (tertiary/aromatic N) is 2. The summed E-state index contributed by atoms with van der Waals surface area (Å²) < 4.78 is 32.1. The molecule has 0 saturated carbocycles. The van der Waals surface area contributed by atoms with Crippen LogP contribution in [-0.4, -0.2) is 29.3 Å². The minimum atomic E-state index is -0.403. The van der Waals surface area contributed by atoms with E-state index in [2.05, 4.69) is 31.2 Å². The average Bonchev–Trinajstić information content (AvgIpc) is 3.61. The lowest BCUT2D eigenvalue weighted by molar-refractivity contribution is 0.255. The van der Waals surface area contributed by atoms with E-state index in [1.807, 2.05) is 30.3 Å². The van der Waals surface area contributed by atoms with Crippen LogP contribution in [-0.2, 0) is 4.74 Å². The van der Waals surface area contributed by atoms with Gasteiger partial charge in [-0.25, -0.2) is 14.4 Å². The molecule has 31 heavy (non-hydrogen) atoms. The van der Waals surface area contributed by atoms with Crippen molar-refractivity contribution < 1.29 is 18.6 Å². The van der Waals surface area contributed by atoms with Crippen LogP contribution in [0.4, 0.5) is 15.9 Å². The fourth-order valence-corrected chi connectivity index (χ4v) is 3.41. The standard InChI is InChI=1S/C23H17BrFN3O3/c24-17-7-4-8-18(22(17)25)28-23-16-9-21(31-14-5-2-1-3-6-14)20(30-12-15-11-29-15)10-19(16)26-13-27-23/h1-10,13,15H,11-12H2,(H,26,27,28)/t15-/m1/s1. The highest BCUT2D eigenvalue weighted by molar-refractivity contribution is 9.10. The number of epoxide rings is 1. The highest BCUT2D eigenvalue weighted by atomic mass is 79.9. The molecule has 0 aliphatic carbocycles. The zero-order chi connectivity index (χ0) is 21.2. The van der Waals surface area contributed by atoms with Gasteiger partial charge in [0, 0.05) is 11.5 Å². The molecule has 5 rings (SSSR count). The molecule has 0 unspecified atom stereocenters. The van der Waals surface area contributed by atoms with Crippen LogP contribution in [0.25, 0.3) is 10.9 Å². The second-order valence-corrected chi connectivity index (χ2v) is 7.80. The molecule has 1 N–H and O–H groups in total. The number of aromatic nitrogens is 2. The maximum Gasteiger partial charge on any atom is 0.170 e. The monoisotopic (exact) mass is 481 g/mol. The molecule has 6 nitrogen and oxygen atoms in total. The van der Waals surface area contributed by atoms with E-state index in [-0.39, 0.29) is 6.10 Å². The quantitative estimate of drug-likeness (QED) is 0.334. The molecule has 0 radical (unpaired) electrons. The summed E-state index contributed by atoms with van der Waals surface area (Å²) in [5.74, 6) is 1.77. The van der Waals surface area contributed by atoms with Crippen LogP contribution < -0.4 is 14.8 Å². The van der Waals surface area contributed by atoms with E-state index in [0.29, 0.717) is 57.3 Å². The van der Waals surface area contributed by atoms with Crippen LogP contribution in [0.1, 0.15) is 0 Å². The summed E-state index contributed by atoms with van der Waals surface area (Å²) in [6.45, 7) is 1.12. The molecule has 1 fully saturated rings. The SMILES string of the molecule is Fc1c(Br)cccc1Nc1ncnc2cc(OC[C@H]3CO3)c(Oc3ccccc3)cc12. The van der Waals surface area contributed by atoms with Gasteiger partial charge in [0.1, 0.15) is 30.6 Å². The Balaban J connectivity index is 1.56. The Hall–Kier alpha value is -3.23. The zero-order valence-corrected chi connectivity index (χ0v) is 17.8. The van der Waals surface area contributed by atoms with Crippen molar-refractivity contribution in [2.75, 3.05) is 18.5 Å². The number of hydrogen-bond donors (Lipinski definition) is 1. The molecule has 1 aliphatic rings. The van der Waals surface area contributed by atoms with Gasteiger partial charge in [0.05, 0.1) is 22.3 Å². The number of nitrogens with one attached hydrogen (secondary N) is 1. The summed E-state index contributed by atoms with van der Waals surface area (Å²) >= 11 is 3.21. The van der Waals surface area contributed by atoms with Crippen LogP contribution in [0.15, 0.2) is 71.5 Å². The maximum atomic E-state index is 14.5. The van der Waals surface area contributed by atoms with Gasteiger partial charge in [0.25, 0.3) is 0 Å². The van der Waals surface area contributed by atoms with Gasteiger partial charge in [-0.2, -0.15) is 0 Å². The van der Waals surface area contributed by atoms with Crippen LogP contribution in [0.5, 0.6) is 17.2 Å². The fraction of sp³-hybridized carbons (Fsp3) is 0.130. The molecule has 1 atom stereocenters. The van der Waals surface area contributed by atoms with Crippen LogP contribution in [0.3, 0.4) is 0 Å². The Kier molecular flexibility index (Phi) is 5.40. The minimum Gasteiger partial charge on any atom is -0.487 e. The number of para-hydroxylation sites is 1. The van der Waals surface area contributed by atoms with E-state index in [1.54, 1.807) is 30.3 Å². The van der Waals surface area contributed by atoms with Crippen molar-refractivity contribution in [1.29, 1.82) is 0 Å². The van der Waals surface area contributed by atoms with Crippen molar-refractivity contribution >= 4 is 38.3 Å². The highest BCUT2D eigenvalue weighted by Crippen LogP contribution is 2.38. The number of anilines is 2. The number of rotatable bonds is 7. The maximum absolute atomic E-state index is 14.5. The first-order valence-electron chi connectivity index (χ1n) is 9.64. The van der Waals surface area contributed by atoms with E-state index < -0.39 is 5.82 Å². The van der Waals surface area contributed by atoms with E-state index in [4.69, 9.17) is 14.2 Å². The highest BCUT2D eigenvalue weighted by Gasteiger charge is 2.24. The van der Waals surface area contributed by atoms with E-state index in [1.165, 1.54) is 6.33 Å². The Bertz CT molecular complexity index is 1240. The Labute approximate surface area is 186 Å². The molecule has 1 aromatic heterocycles. The number of benzene rings is 3. The molecule has 4 aromatic rings. The number of ether oxygens (including phenoxy) is 3. The third-order valence-electron chi connectivity index (χ3n) is 4.70. The van der Waals surface area contributed by atoms with Gasteiger partial charge in [-0.05, 0) is 46.3 Å². The van der Waals surface area contributed by atoms with Crippen molar-refractivity contribution in [3.8, 4) is 17.2 Å². The summed E-state index contributed by atoms with van der Waals surface area (Å²) in [4.78, 5) is 8.67. The predicted octanol–water partition coefficient (Wildman–Crippen LogP) is 5.84. The van der Waals surface area contributed by atoms with Gasteiger partial charge in [-0.15, -0.1) is 0 Å². The third-order valence-corrected chi connectivity index (χ3v) is 5.32. The normalized spacial score (nSPS) is 15.0. The van der Waals surface area contributed by atoms with E-state index in [9.17, 15) is 4.39 Å². The minimum absolute atomic E-state index is 0.0994. The summed E-state index contributed by atoms with van der Waals surface area (Å²) in [5, 5.41) is 3.72. The molecular formula is C23H17BrFN3O3. The van der Waals surface area contributed by atoms with Crippen molar-refractivity contribution in [3.63, 3.8) is 0 Å². The largest absolute Gasteiger partial charge is 0.487 e. The van der Waals surface area contributed by atoms with Gasteiger partial charge in [0.15, 0.2) is 17.3 Å². The van der Waals surface area contributed by atoms with Crippen LogP contribution in [0, 0.1) is 5.82 Å². The lowest BCUT2D eigenvalue weighted by Crippen LogP contribution is -2.05. The Morgan fingerprint density at radius 3 is 2.71 bits per heavy atom. The number of hydrogen-bond acceptors (Lipinski definition) is 6.